The molecular weight excluding hydrogens is 461 g/mol. The molecule has 4 rings (SSSR count). The number of unbranched alkanes of at least 4 members (excludes halogenated alkanes) is 1. The van der Waals surface area contributed by atoms with Gasteiger partial charge in [-0.25, -0.2) is 4.39 Å². The minimum Gasteiger partial charge on any atom is -0.351 e. The third-order valence-electron chi connectivity index (χ3n) is 6.62. The molecule has 182 valence electrons. The van der Waals surface area contributed by atoms with Crippen LogP contribution in [0.2, 0.25) is 5.02 Å². The summed E-state index contributed by atoms with van der Waals surface area (Å²) in [5.41, 5.74) is -0.630. The number of fused-ring (bicyclic) bond motifs is 1. The van der Waals surface area contributed by atoms with E-state index < -0.39 is 17.3 Å². The lowest BCUT2D eigenvalue weighted by Crippen LogP contribution is -2.65. The molecular formula is C24H29ClFN5O3. The van der Waals surface area contributed by atoms with Crippen LogP contribution in [0.15, 0.2) is 24.3 Å². The van der Waals surface area contributed by atoms with Gasteiger partial charge in [-0.2, -0.15) is 5.10 Å². The molecule has 1 atom stereocenters. The van der Waals surface area contributed by atoms with Crippen LogP contribution in [0.5, 0.6) is 0 Å². The lowest BCUT2D eigenvalue weighted by molar-refractivity contribution is -0.133. The summed E-state index contributed by atoms with van der Waals surface area (Å²) in [6.45, 7) is 4.36. The molecule has 1 fully saturated rings. The minimum absolute atomic E-state index is 0.0136. The number of amides is 3. The van der Waals surface area contributed by atoms with Crippen LogP contribution in [0, 0.1) is 5.82 Å². The van der Waals surface area contributed by atoms with Crippen LogP contribution in [-0.2, 0) is 11.3 Å². The Morgan fingerprint density at radius 3 is 2.68 bits per heavy atom. The maximum Gasteiger partial charge on any atom is 0.276 e. The predicted octanol–water partition coefficient (Wildman–Crippen LogP) is 4.00. The first-order valence-electron chi connectivity index (χ1n) is 11.7. The average Bonchev–Trinajstić information content (AvgIpc) is 3.45. The van der Waals surface area contributed by atoms with Crippen LogP contribution < -0.4 is 10.6 Å². The summed E-state index contributed by atoms with van der Waals surface area (Å²) in [5.74, 6) is -1.64. The van der Waals surface area contributed by atoms with Crippen molar-refractivity contribution in [2.45, 2.75) is 70.5 Å². The number of hydrogen-bond donors (Lipinski definition) is 2. The van der Waals surface area contributed by atoms with Crippen molar-refractivity contribution < 1.29 is 18.8 Å². The fourth-order valence-electron chi connectivity index (χ4n) is 4.61. The van der Waals surface area contributed by atoms with Gasteiger partial charge in [0, 0.05) is 18.7 Å². The monoisotopic (exact) mass is 489 g/mol. The normalized spacial score (nSPS) is 20.4. The van der Waals surface area contributed by atoms with Crippen molar-refractivity contribution in [3.63, 3.8) is 0 Å². The summed E-state index contributed by atoms with van der Waals surface area (Å²) in [4.78, 5) is 41.3. The molecule has 1 aliphatic carbocycles. The molecule has 2 N–H and O–H groups in total. The van der Waals surface area contributed by atoms with Crippen molar-refractivity contribution in [2.24, 2.45) is 0 Å². The maximum absolute atomic E-state index is 13.5. The number of halogens is 2. The second kappa shape index (κ2) is 9.74. The quantitative estimate of drug-likeness (QED) is 0.614. The van der Waals surface area contributed by atoms with Crippen LogP contribution in [0.4, 0.5) is 10.1 Å². The molecule has 34 heavy (non-hydrogen) atoms. The summed E-state index contributed by atoms with van der Waals surface area (Å²) < 4.78 is 14.7. The van der Waals surface area contributed by atoms with Gasteiger partial charge in [-0.05, 0) is 44.4 Å². The van der Waals surface area contributed by atoms with E-state index in [0.717, 1.165) is 44.6 Å². The van der Waals surface area contributed by atoms with Gasteiger partial charge in [0.1, 0.15) is 17.1 Å². The number of benzene rings is 1. The molecule has 2 aliphatic rings. The number of carbonyl (C=O) groups excluding carboxylic acids is 3. The standard InChI is InChI=1S/C24H29ClFN5O3/c1-3-4-11-30-22(33)20-13-19(21(32)28-18-10-9-15(26)12-17(18)25)29-31(20)14-24(30,2)23(34)27-16-7-5-6-8-16/h9-10,12-13,16H,3-8,11,14H2,1-2H3,(H,27,34)(H,28,32)/t24-/m1/s1. The second-order valence-corrected chi connectivity index (χ2v) is 9.60. The first-order chi connectivity index (χ1) is 16.2. The number of nitrogens with one attached hydrogen (secondary N) is 2. The van der Waals surface area contributed by atoms with Gasteiger partial charge < -0.3 is 15.5 Å². The van der Waals surface area contributed by atoms with Gasteiger partial charge in [0.2, 0.25) is 5.91 Å². The van der Waals surface area contributed by atoms with Gasteiger partial charge in [0.05, 0.1) is 17.3 Å². The summed E-state index contributed by atoms with van der Waals surface area (Å²) in [6.07, 6.45) is 5.67. The Morgan fingerprint density at radius 1 is 1.26 bits per heavy atom. The van der Waals surface area contributed by atoms with Crippen molar-refractivity contribution in [3.8, 4) is 0 Å². The molecule has 1 aromatic carbocycles. The lowest BCUT2D eigenvalue weighted by Gasteiger charge is -2.43. The first-order valence-corrected chi connectivity index (χ1v) is 12.1. The third kappa shape index (κ3) is 4.66. The summed E-state index contributed by atoms with van der Waals surface area (Å²) in [6, 6.07) is 5.17. The highest BCUT2D eigenvalue weighted by molar-refractivity contribution is 6.33. The van der Waals surface area contributed by atoms with E-state index in [4.69, 9.17) is 11.6 Å². The van der Waals surface area contributed by atoms with Gasteiger partial charge >= 0.3 is 0 Å². The Balaban J connectivity index is 1.60. The molecule has 1 saturated carbocycles. The van der Waals surface area contributed by atoms with Crippen molar-refractivity contribution in [1.29, 1.82) is 0 Å². The molecule has 0 spiro atoms. The Kier molecular flexibility index (Phi) is 6.93. The Labute approximate surface area is 202 Å². The minimum atomic E-state index is -1.12. The number of rotatable bonds is 7. The number of hydrogen-bond acceptors (Lipinski definition) is 4. The summed E-state index contributed by atoms with van der Waals surface area (Å²) >= 11 is 6.01. The highest BCUT2D eigenvalue weighted by Crippen LogP contribution is 2.30. The molecule has 0 saturated heterocycles. The lowest BCUT2D eigenvalue weighted by atomic mass is 9.94. The van der Waals surface area contributed by atoms with E-state index in [1.54, 1.807) is 11.8 Å². The van der Waals surface area contributed by atoms with Crippen molar-refractivity contribution in [2.75, 3.05) is 11.9 Å². The molecule has 2 aromatic rings. The Bertz CT molecular complexity index is 1110. The van der Waals surface area contributed by atoms with Crippen molar-refractivity contribution in [3.05, 3.63) is 46.5 Å². The van der Waals surface area contributed by atoms with Gasteiger partial charge in [0.15, 0.2) is 5.69 Å². The van der Waals surface area contributed by atoms with Crippen LogP contribution in [-0.4, -0.2) is 50.5 Å². The molecule has 1 aromatic heterocycles. The summed E-state index contributed by atoms with van der Waals surface area (Å²) in [7, 11) is 0. The van der Waals surface area contributed by atoms with Gasteiger partial charge in [-0.15, -0.1) is 0 Å². The summed E-state index contributed by atoms with van der Waals surface area (Å²) in [5, 5.41) is 10.1. The molecule has 8 nitrogen and oxygen atoms in total. The highest BCUT2D eigenvalue weighted by atomic mass is 35.5. The SMILES string of the molecule is CCCCN1C(=O)c2cc(C(=O)Nc3ccc(F)cc3Cl)nn2C[C@]1(C)C(=O)NC1CCCC1. The van der Waals surface area contributed by atoms with E-state index >= 15 is 0 Å². The van der Waals surface area contributed by atoms with Crippen molar-refractivity contribution in [1.82, 2.24) is 20.0 Å². The third-order valence-corrected chi connectivity index (χ3v) is 6.94. The van der Waals surface area contributed by atoms with Crippen LogP contribution >= 0.6 is 11.6 Å². The molecule has 10 heteroatoms. The van der Waals surface area contributed by atoms with E-state index in [2.05, 4.69) is 15.7 Å². The van der Waals surface area contributed by atoms with E-state index in [-0.39, 0.29) is 46.5 Å². The average molecular weight is 490 g/mol. The molecule has 3 amide bonds. The van der Waals surface area contributed by atoms with E-state index in [9.17, 15) is 18.8 Å². The topological polar surface area (TPSA) is 96.3 Å². The zero-order chi connectivity index (χ0) is 24.5. The predicted molar refractivity (Wildman–Crippen MR) is 126 cm³/mol. The number of aromatic nitrogens is 2. The van der Waals surface area contributed by atoms with Crippen molar-refractivity contribution >= 4 is 35.0 Å². The van der Waals surface area contributed by atoms with Gasteiger partial charge in [0.25, 0.3) is 11.8 Å². The van der Waals surface area contributed by atoms with E-state index in [0.29, 0.717) is 6.54 Å². The van der Waals surface area contributed by atoms with Crippen LogP contribution in [0.25, 0.3) is 0 Å². The molecule has 2 heterocycles. The second-order valence-electron chi connectivity index (χ2n) is 9.19. The van der Waals surface area contributed by atoms with Gasteiger partial charge in [-0.3, -0.25) is 19.1 Å². The Morgan fingerprint density at radius 2 is 2.00 bits per heavy atom. The van der Waals surface area contributed by atoms with Crippen LogP contribution in [0.3, 0.4) is 0 Å². The molecule has 0 radical (unpaired) electrons. The number of nitrogens with zero attached hydrogens (tertiary/aromatic N) is 3. The van der Waals surface area contributed by atoms with E-state index in [1.165, 1.54) is 22.9 Å². The fourth-order valence-corrected chi connectivity index (χ4v) is 4.82. The Hall–Kier alpha value is -2.94. The molecule has 0 unspecified atom stereocenters. The zero-order valence-corrected chi connectivity index (χ0v) is 20.1. The maximum atomic E-state index is 13.5. The number of carbonyl (C=O) groups is 3. The van der Waals surface area contributed by atoms with Gasteiger partial charge in [-0.1, -0.05) is 37.8 Å². The van der Waals surface area contributed by atoms with E-state index in [1.807, 2.05) is 6.92 Å². The molecule has 1 aliphatic heterocycles. The van der Waals surface area contributed by atoms with Crippen LogP contribution in [0.1, 0.15) is 73.3 Å². The zero-order valence-electron chi connectivity index (χ0n) is 19.4. The first kappa shape index (κ1) is 24.2. The fraction of sp³-hybridized carbons (Fsp3) is 0.500. The largest absolute Gasteiger partial charge is 0.351 e. The smallest absolute Gasteiger partial charge is 0.276 e. The molecule has 0 bridgehead atoms. The number of anilines is 1. The highest BCUT2D eigenvalue weighted by Gasteiger charge is 2.48.